The molecule has 0 saturated heterocycles. The van der Waals surface area contributed by atoms with Gasteiger partial charge in [0.15, 0.2) is 0 Å². The Kier molecular flexibility index (Phi) is 29.8. The summed E-state index contributed by atoms with van der Waals surface area (Å²) < 4.78 is 54.3. The van der Waals surface area contributed by atoms with Gasteiger partial charge in [0.2, 0.25) is 0 Å². The molecule has 1 rings (SSSR count). The van der Waals surface area contributed by atoms with Crippen LogP contribution in [-0.2, 0) is 42.6 Å². The van der Waals surface area contributed by atoms with Gasteiger partial charge in [-0.2, -0.15) is 0 Å². The van der Waals surface area contributed by atoms with Crippen LogP contribution in [0.5, 0.6) is 5.75 Å². The molecule has 0 radical (unpaired) electrons. The molecule has 1 N–H and O–H groups in total. The highest BCUT2D eigenvalue weighted by Crippen LogP contribution is 2.28. The van der Waals surface area contributed by atoms with Crippen molar-refractivity contribution in [2.45, 2.75) is 52.9 Å². The molecular formula is C35H64O11. The summed E-state index contributed by atoms with van der Waals surface area (Å²) in [4.78, 5) is 0. The van der Waals surface area contributed by atoms with E-state index in [2.05, 4.69) is 52.0 Å². The third-order valence-corrected chi connectivity index (χ3v) is 6.85. The fourth-order valence-electron chi connectivity index (χ4n) is 4.71. The smallest absolute Gasteiger partial charge is 0.143 e. The molecule has 0 aromatic heterocycles. The van der Waals surface area contributed by atoms with E-state index in [1.807, 2.05) is 0 Å². The van der Waals surface area contributed by atoms with Crippen LogP contribution in [-0.4, -0.2) is 131 Å². The minimum atomic E-state index is -0.287. The van der Waals surface area contributed by atoms with Gasteiger partial charge in [-0.15, -0.1) is 0 Å². The zero-order valence-corrected chi connectivity index (χ0v) is 29.1. The zero-order chi connectivity index (χ0) is 33.3. The molecule has 11 heteroatoms. The summed E-state index contributed by atoms with van der Waals surface area (Å²) in [6, 6.07) is 8.55. The van der Waals surface area contributed by atoms with Gasteiger partial charge in [-0.3, -0.25) is 0 Å². The van der Waals surface area contributed by atoms with Gasteiger partial charge in [0.05, 0.1) is 112 Å². The quantitative estimate of drug-likeness (QED) is 0.0806. The Morgan fingerprint density at radius 1 is 0.457 bits per heavy atom. The lowest BCUT2D eigenvalue weighted by atomic mass is 9.87. The Morgan fingerprint density at radius 2 is 0.826 bits per heavy atom. The zero-order valence-electron chi connectivity index (χ0n) is 29.1. The number of aliphatic hydroxyl groups is 1. The highest BCUT2D eigenvalue weighted by molar-refractivity contribution is 5.29. The summed E-state index contributed by atoms with van der Waals surface area (Å²) in [6.45, 7) is 18.3. The summed E-state index contributed by atoms with van der Waals surface area (Å²) in [5, 5.41) is 8.46. The van der Waals surface area contributed by atoms with Crippen LogP contribution in [0.4, 0.5) is 0 Å². The summed E-state index contributed by atoms with van der Waals surface area (Å²) in [5.41, 5.74) is 1.38. The predicted molar refractivity (Wildman–Crippen MR) is 178 cm³/mol. The van der Waals surface area contributed by atoms with E-state index < -0.39 is 0 Å². The molecule has 11 nitrogen and oxygen atoms in total. The van der Waals surface area contributed by atoms with E-state index in [0.29, 0.717) is 125 Å². The molecule has 0 heterocycles. The first-order valence-electron chi connectivity index (χ1n) is 17.1. The van der Waals surface area contributed by atoms with Gasteiger partial charge in [0.1, 0.15) is 12.5 Å². The molecule has 2 atom stereocenters. The maximum Gasteiger partial charge on any atom is 0.143 e. The third kappa shape index (κ3) is 27.7. The maximum absolute atomic E-state index is 8.46. The molecule has 2 unspecified atom stereocenters. The topological polar surface area (TPSA) is 113 Å². The summed E-state index contributed by atoms with van der Waals surface area (Å²) >= 11 is 0. The monoisotopic (exact) mass is 660 g/mol. The van der Waals surface area contributed by atoms with E-state index in [-0.39, 0.29) is 6.79 Å². The largest absolute Gasteiger partial charge is 0.494 e. The first-order chi connectivity index (χ1) is 22.5. The molecule has 0 fully saturated rings. The molecule has 0 aliphatic carbocycles. The van der Waals surface area contributed by atoms with Crippen molar-refractivity contribution in [3.8, 4) is 5.75 Å². The SMILES string of the molecule is CC(C)CC(C)CC(C)c1ccc(OCCCOCCOCCOCCOCCOCCOCCOCCOCCOCO)cc1. The molecule has 0 amide bonds. The first kappa shape index (κ1) is 42.6. The van der Waals surface area contributed by atoms with Gasteiger partial charge in [0.25, 0.3) is 0 Å². The number of hydrogen-bond acceptors (Lipinski definition) is 11. The van der Waals surface area contributed by atoms with Gasteiger partial charge in [-0.25, -0.2) is 0 Å². The number of benzene rings is 1. The van der Waals surface area contributed by atoms with Crippen LogP contribution in [0.3, 0.4) is 0 Å². The second kappa shape index (κ2) is 32.2. The lowest BCUT2D eigenvalue weighted by Gasteiger charge is -2.19. The highest BCUT2D eigenvalue weighted by atomic mass is 16.6. The Balaban J connectivity index is 1.76. The second-order valence-electron chi connectivity index (χ2n) is 11.6. The van der Waals surface area contributed by atoms with Crippen LogP contribution >= 0.6 is 0 Å². The van der Waals surface area contributed by atoms with E-state index in [1.165, 1.54) is 18.4 Å². The number of aliphatic hydroxyl groups excluding tert-OH is 1. The van der Waals surface area contributed by atoms with Crippen molar-refractivity contribution < 1.29 is 52.5 Å². The summed E-state index contributed by atoms with van der Waals surface area (Å²) in [5.74, 6) is 2.97. The maximum atomic E-state index is 8.46. The van der Waals surface area contributed by atoms with E-state index >= 15 is 0 Å². The van der Waals surface area contributed by atoms with Crippen LogP contribution in [0.1, 0.15) is 58.4 Å². The molecule has 1 aromatic carbocycles. The Morgan fingerprint density at radius 3 is 1.20 bits per heavy atom. The highest BCUT2D eigenvalue weighted by Gasteiger charge is 2.12. The fourth-order valence-corrected chi connectivity index (χ4v) is 4.71. The van der Waals surface area contributed by atoms with E-state index in [9.17, 15) is 0 Å². The molecule has 0 aliphatic heterocycles. The fraction of sp³-hybridized carbons (Fsp3) is 0.829. The average molecular weight is 661 g/mol. The lowest BCUT2D eigenvalue weighted by Crippen LogP contribution is -2.15. The molecule has 1 aromatic rings. The molecule has 0 saturated carbocycles. The summed E-state index contributed by atoms with van der Waals surface area (Å²) in [7, 11) is 0. The number of ether oxygens (including phenoxy) is 10. The van der Waals surface area contributed by atoms with Crippen molar-refractivity contribution in [2.75, 3.05) is 126 Å². The van der Waals surface area contributed by atoms with E-state index in [0.717, 1.165) is 24.0 Å². The molecular weight excluding hydrogens is 596 g/mol. The molecule has 0 spiro atoms. The van der Waals surface area contributed by atoms with Gasteiger partial charge in [-0.1, -0.05) is 39.8 Å². The van der Waals surface area contributed by atoms with Crippen molar-refractivity contribution in [1.82, 2.24) is 0 Å². The number of rotatable bonds is 35. The number of hydrogen-bond donors (Lipinski definition) is 1. The standard InChI is InChI=1S/C35H64O11/c1-31(2)28-32(3)29-33(4)34-6-8-35(9-7-34)46-11-5-10-37-12-13-38-14-15-39-16-17-40-18-19-41-20-21-42-22-23-43-24-25-44-26-27-45-30-36/h6-9,31-33,36H,5,10-30H2,1-4H3. The van der Waals surface area contributed by atoms with Crippen molar-refractivity contribution in [1.29, 1.82) is 0 Å². The molecule has 270 valence electrons. The molecule has 0 bridgehead atoms. The predicted octanol–water partition coefficient (Wildman–Crippen LogP) is 4.73. The van der Waals surface area contributed by atoms with Gasteiger partial charge < -0.3 is 52.5 Å². The molecule has 0 aliphatic rings. The minimum Gasteiger partial charge on any atom is -0.494 e. The second-order valence-corrected chi connectivity index (χ2v) is 11.6. The minimum absolute atomic E-state index is 0.287. The van der Waals surface area contributed by atoms with E-state index in [4.69, 9.17) is 52.5 Å². The van der Waals surface area contributed by atoms with Gasteiger partial charge in [-0.05, 0) is 48.3 Å². The Bertz CT molecular complexity index is 751. The van der Waals surface area contributed by atoms with Crippen molar-refractivity contribution >= 4 is 0 Å². The summed E-state index contributed by atoms with van der Waals surface area (Å²) in [6.07, 6.45) is 3.34. The lowest BCUT2D eigenvalue weighted by molar-refractivity contribution is -0.0417. The normalized spacial score (nSPS) is 13.0. The van der Waals surface area contributed by atoms with Crippen LogP contribution in [0.25, 0.3) is 0 Å². The Hall–Kier alpha value is -1.38. The van der Waals surface area contributed by atoms with E-state index in [1.54, 1.807) is 0 Å². The third-order valence-electron chi connectivity index (χ3n) is 6.85. The van der Waals surface area contributed by atoms with Crippen LogP contribution < -0.4 is 4.74 Å². The van der Waals surface area contributed by atoms with Crippen LogP contribution in [0, 0.1) is 11.8 Å². The van der Waals surface area contributed by atoms with Crippen molar-refractivity contribution in [2.24, 2.45) is 11.8 Å². The van der Waals surface area contributed by atoms with Crippen molar-refractivity contribution in [3.05, 3.63) is 29.8 Å². The first-order valence-corrected chi connectivity index (χ1v) is 17.1. The average Bonchev–Trinajstić information content (AvgIpc) is 3.04. The van der Waals surface area contributed by atoms with Crippen LogP contribution in [0.2, 0.25) is 0 Å². The van der Waals surface area contributed by atoms with Crippen molar-refractivity contribution in [3.63, 3.8) is 0 Å². The van der Waals surface area contributed by atoms with Gasteiger partial charge >= 0.3 is 0 Å². The van der Waals surface area contributed by atoms with Crippen LogP contribution in [0.15, 0.2) is 24.3 Å². The molecule has 46 heavy (non-hydrogen) atoms. The Labute approximate surface area is 278 Å². The van der Waals surface area contributed by atoms with Gasteiger partial charge in [0, 0.05) is 13.0 Å².